The number of ether oxygens (including phenoxy) is 2. The van der Waals surface area contributed by atoms with Gasteiger partial charge in [0.2, 0.25) is 5.88 Å². The van der Waals surface area contributed by atoms with Gasteiger partial charge in [0, 0.05) is 30.9 Å². The molecule has 1 aliphatic heterocycles. The van der Waals surface area contributed by atoms with Crippen LogP contribution in [0.25, 0.3) is 0 Å². The van der Waals surface area contributed by atoms with Crippen LogP contribution < -0.4 is 20.1 Å². The van der Waals surface area contributed by atoms with Crippen LogP contribution in [0.1, 0.15) is 22.3 Å². The Bertz CT molecular complexity index is 990. The third-order valence-electron chi connectivity index (χ3n) is 4.87. The van der Waals surface area contributed by atoms with Gasteiger partial charge in [0.25, 0.3) is 5.91 Å². The molecule has 0 bridgehead atoms. The number of pyridine rings is 1. The second-order valence-corrected chi connectivity index (χ2v) is 7.11. The van der Waals surface area contributed by atoms with E-state index in [0.29, 0.717) is 29.5 Å². The Balaban J connectivity index is 1.49. The molecule has 4 rings (SSSR count). The maximum absolute atomic E-state index is 12.1. The van der Waals surface area contributed by atoms with Crippen molar-refractivity contribution in [2.45, 2.75) is 19.4 Å². The number of aryl methyl sites for hydroxylation is 1. The number of benzene rings is 2. The van der Waals surface area contributed by atoms with Crippen LogP contribution in [0.4, 0.5) is 5.69 Å². The summed E-state index contributed by atoms with van der Waals surface area (Å²) in [5, 5.41) is 0. The summed E-state index contributed by atoms with van der Waals surface area (Å²) in [5.74, 6) is 1.41. The lowest BCUT2D eigenvalue weighted by Gasteiger charge is -2.22. The van der Waals surface area contributed by atoms with Crippen LogP contribution in [0.5, 0.6) is 17.4 Å². The molecule has 1 atom stereocenters. The third-order valence-corrected chi connectivity index (χ3v) is 4.87. The van der Waals surface area contributed by atoms with Gasteiger partial charge in [0.05, 0.1) is 12.1 Å². The van der Waals surface area contributed by atoms with E-state index in [4.69, 9.17) is 15.2 Å². The first-order valence-electron chi connectivity index (χ1n) is 9.59. The van der Waals surface area contributed by atoms with Gasteiger partial charge in [0.1, 0.15) is 17.6 Å². The van der Waals surface area contributed by atoms with Gasteiger partial charge < -0.3 is 20.1 Å². The summed E-state index contributed by atoms with van der Waals surface area (Å²) in [6.07, 6.45) is 2.64. The van der Waals surface area contributed by atoms with Crippen molar-refractivity contribution in [1.82, 2.24) is 4.98 Å². The number of nitrogens with zero attached hydrogens (tertiary/aromatic N) is 2. The minimum absolute atomic E-state index is 0.00572. The van der Waals surface area contributed by atoms with Crippen molar-refractivity contribution >= 4 is 11.6 Å². The molecule has 6 heteroatoms. The summed E-state index contributed by atoms with van der Waals surface area (Å²) >= 11 is 0. The number of para-hydroxylation sites is 1. The third kappa shape index (κ3) is 4.48. The Morgan fingerprint density at radius 3 is 2.66 bits per heavy atom. The molecule has 2 heterocycles. The second kappa shape index (κ2) is 8.22. The van der Waals surface area contributed by atoms with Crippen LogP contribution in [0.15, 0.2) is 66.9 Å². The summed E-state index contributed by atoms with van der Waals surface area (Å²) in [6.45, 7) is 3.43. The number of amides is 1. The summed E-state index contributed by atoms with van der Waals surface area (Å²) in [5.41, 5.74) is 7.98. The molecule has 2 aromatic carbocycles. The highest BCUT2D eigenvalue weighted by atomic mass is 16.5. The number of carbonyl (C=O) groups excluding carboxylic acids is 1. The van der Waals surface area contributed by atoms with Gasteiger partial charge in [-0.05, 0) is 42.8 Å². The van der Waals surface area contributed by atoms with Gasteiger partial charge in [-0.3, -0.25) is 4.79 Å². The summed E-state index contributed by atoms with van der Waals surface area (Å²) in [4.78, 5) is 18.5. The molecule has 29 heavy (non-hydrogen) atoms. The predicted octanol–water partition coefficient (Wildman–Crippen LogP) is 3.94. The maximum Gasteiger partial charge on any atom is 0.250 e. The van der Waals surface area contributed by atoms with Crippen LogP contribution in [0, 0.1) is 6.92 Å². The largest absolute Gasteiger partial charge is 0.472 e. The smallest absolute Gasteiger partial charge is 0.250 e. The van der Waals surface area contributed by atoms with Gasteiger partial charge in [-0.2, -0.15) is 0 Å². The molecule has 1 fully saturated rings. The molecule has 0 radical (unpaired) electrons. The van der Waals surface area contributed by atoms with Crippen molar-refractivity contribution in [3.05, 3.63) is 78.0 Å². The van der Waals surface area contributed by atoms with E-state index < -0.39 is 5.91 Å². The first kappa shape index (κ1) is 18.8. The zero-order chi connectivity index (χ0) is 20.2. The fourth-order valence-corrected chi connectivity index (χ4v) is 3.41. The van der Waals surface area contributed by atoms with Crippen molar-refractivity contribution in [3.8, 4) is 17.4 Å². The van der Waals surface area contributed by atoms with E-state index in [-0.39, 0.29) is 6.10 Å². The molecule has 6 nitrogen and oxygen atoms in total. The fraction of sp³-hybridized carbons (Fsp3) is 0.217. The van der Waals surface area contributed by atoms with Crippen LogP contribution in [-0.2, 0) is 0 Å². The lowest BCUT2D eigenvalue weighted by Crippen LogP contribution is -2.27. The van der Waals surface area contributed by atoms with E-state index in [2.05, 4.69) is 9.88 Å². The zero-order valence-corrected chi connectivity index (χ0v) is 16.2. The van der Waals surface area contributed by atoms with E-state index in [1.807, 2.05) is 61.5 Å². The van der Waals surface area contributed by atoms with E-state index in [9.17, 15) is 4.79 Å². The number of anilines is 1. The molecule has 3 aromatic rings. The van der Waals surface area contributed by atoms with E-state index in [0.717, 1.165) is 24.2 Å². The lowest BCUT2D eigenvalue weighted by atomic mass is 10.1. The Labute approximate surface area is 169 Å². The summed E-state index contributed by atoms with van der Waals surface area (Å²) in [6, 6.07) is 18.7. The number of hydrogen-bond acceptors (Lipinski definition) is 5. The first-order valence-corrected chi connectivity index (χ1v) is 9.59. The number of hydrogen-bond donors (Lipinski definition) is 1. The monoisotopic (exact) mass is 389 g/mol. The standard InChI is InChI=1S/C23H23N3O3/c1-16-7-10-22(25-14-16)29-19-11-12-26(15-19)21-9-8-18(13-20(21)23(24)27)28-17-5-3-2-4-6-17/h2-10,13-14,19H,11-12,15H2,1H3,(H2,24,27)/t19-/m0/s1. The first-order chi connectivity index (χ1) is 14.1. The van der Waals surface area contributed by atoms with E-state index in [1.165, 1.54) is 0 Å². The topological polar surface area (TPSA) is 77.7 Å². The minimum atomic E-state index is -0.483. The Hall–Kier alpha value is -3.54. The molecule has 1 saturated heterocycles. The zero-order valence-electron chi connectivity index (χ0n) is 16.2. The Morgan fingerprint density at radius 2 is 1.93 bits per heavy atom. The molecule has 2 N–H and O–H groups in total. The van der Waals surface area contributed by atoms with Crippen LogP contribution in [0.2, 0.25) is 0 Å². The summed E-state index contributed by atoms with van der Waals surface area (Å²) < 4.78 is 11.8. The number of aromatic nitrogens is 1. The van der Waals surface area contributed by atoms with E-state index >= 15 is 0 Å². The molecule has 1 amide bonds. The number of carbonyl (C=O) groups is 1. The van der Waals surface area contributed by atoms with Gasteiger partial charge in [-0.25, -0.2) is 4.98 Å². The van der Waals surface area contributed by atoms with Gasteiger partial charge in [-0.15, -0.1) is 0 Å². The van der Waals surface area contributed by atoms with Gasteiger partial charge in [0.15, 0.2) is 0 Å². The second-order valence-electron chi connectivity index (χ2n) is 7.11. The molecule has 148 valence electrons. The quantitative estimate of drug-likeness (QED) is 0.691. The SMILES string of the molecule is Cc1ccc(O[C@H]2CCN(c3ccc(Oc4ccccc4)cc3C(N)=O)C2)nc1. The highest BCUT2D eigenvalue weighted by Gasteiger charge is 2.27. The van der Waals surface area contributed by atoms with Gasteiger partial charge in [-0.1, -0.05) is 24.3 Å². The molecule has 0 unspecified atom stereocenters. The number of rotatable bonds is 6. The highest BCUT2D eigenvalue weighted by Crippen LogP contribution is 2.31. The molecule has 1 aromatic heterocycles. The van der Waals surface area contributed by atoms with Crippen molar-refractivity contribution < 1.29 is 14.3 Å². The average molecular weight is 389 g/mol. The van der Waals surface area contributed by atoms with Crippen LogP contribution in [0.3, 0.4) is 0 Å². The van der Waals surface area contributed by atoms with Crippen molar-refractivity contribution in [3.63, 3.8) is 0 Å². The molecule has 0 aliphatic carbocycles. The lowest BCUT2D eigenvalue weighted by molar-refractivity contribution is 0.100. The number of primary amides is 1. The minimum Gasteiger partial charge on any atom is -0.472 e. The normalized spacial score (nSPS) is 15.9. The average Bonchev–Trinajstić information content (AvgIpc) is 3.19. The summed E-state index contributed by atoms with van der Waals surface area (Å²) in [7, 11) is 0. The van der Waals surface area contributed by atoms with Crippen molar-refractivity contribution in [2.75, 3.05) is 18.0 Å². The van der Waals surface area contributed by atoms with Crippen molar-refractivity contribution in [2.24, 2.45) is 5.73 Å². The Morgan fingerprint density at radius 1 is 1.10 bits per heavy atom. The molecule has 0 spiro atoms. The van der Waals surface area contributed by atoms with Crippen molar-refractivity contribution in [1.29, 1.82) is 0 Å². The Kier molecular flexibility index (Phi) is 5.33. The molecule has 0 saturated carbocycles. The number of nitrogens with two attached hydrogens (primary N) is 1. The van der Waals surface area contributed by atoms with Crippen LogP contribution >= 0.6 is 0 Å². The molecule has 1 aliphatic rings. The van der Waals surface area contributed by atoms with E-state index in [1.54, 1.807) is 12.3 Å². The fourth-order valence-electron chi connectivity index (χ4n) is 3.41. The highest BCUT2D eigenvalue weighted by molar-refractivity contribution is 5.99. The molecular weight excluding hydrogens is 366 g/mol. The van der Waals surface area contributed by atoms with Crippen LogP contribution in [-0.4, -0.2) is 30.1 Å². The molecular formula is C23H23N3O3. The maximum atomic E-state index is 12.1. The predicted molar refractivity (Wildman–Crippen MR) is 112 cm³/mol. The van der Waals surface area contributed by atoms with Gasteiger partial charge >= 0.3 is 0 Å².